The van der Waals surface area contributed by atoms with E-state index >= 15 is 0 Å². The van der Waals surface area contributed by atoms with E-state index in [4.69, 9.17) is 9.84 Å². The van der Waals surface area contributed by atoms with Crippen LogP contribution in [-0.2, 0) is 18.0 Å². The Morgan fingerprint density at radius 1 is 1.36 bits per heavy atom. The molecule has 0 fully saturated rings. The number of aromatic nitrogens is 7. The molecule has 3 aromatic rings. The molecule has 0 atom stereocenters. The van der Waals surface area contributed by atoms with Crippen LogP contribution >= 0.6 is 11.8 Å². The number of ether oxygens (including phenoxy) is 1. The standard InChI is InChI=1S/C12H15N7O2S/c1-22-12-10-4-15-19(11(10)13-7-14-12)6-9-5-18(17-16-9)8-21-3-2-20/h4-5,7,20H,2-3,6,8H2,1H3. The van der Waals surface area contributed by atoms with E-state index < -0.39 is 0 Å². The van der Waals surface area contributed by atoms with Crippen molar-refractivity contribution in [2.75, 3.05) is 19.5 Å². The Bertz CT molecular complexity index is 757. The lowest BCUT2D eigenvalue weighted by molar-refractivity contribution is 0.0409. The molecule has 0 aromatic carbocycles. The van der Waals surface area contributed by atoms with Gasteiger partial charge in [-0.3, -0.25) is 0 Å². The molecular formula is C12H15N7O2S. The predicted octanol–water partition coefficient (Wildman–Crippen LogP) is 0.154. The van der Waals surface area contributed by atoms with Gasteiger partial charge in [0.25, 0.3) is 0 Å². The molecule has 0 aliphatic rings. The summed E-state index contributed by atoms with van der Waals surface area (Å²) in [5, 5.41) is 22.9. The van der Waals surface area contributed by atoms with Gasteiger partial charge in [0.2, 0.25) is 0 Å². The number of aliphatic hydroxyl groups excluding tert-OH is 1. The Kier molecular flexibility index (Phi) is 4.61. The normalized spacial score (nSPS) is 11.4. The number of thioether (sulfide) groups is 1. The van der Waals surface area contributed by atoms with Crippen LogP contribution in [0, 0.1) is 0 Å². The Morgan fingerprint density at radius 3 is 3.09 bits per heavy atom. The highest BCUT2D eigenvalue weighted by Crippen LogP contribution is 2.22. The van der Waals surface area contributed by atoms with Gasteiger partial charge in [-0.15, -0.1) is 16.9 Å². The quantitative estimate of drug-likeness (QED) is 0.373. The predicted molar refractivity (Wildman–Crippen MR) is 79.3 cm³/mol. The molecule has 1 N–H and O–H groups in total. The maximum Gasteiger partial charge on any atom is 0.162 e. The SMILES string of the molecule is CSc1ncnc2c1cnn2Cc1cn(COCCO)nn1. The maximum atomic E-state index is 8.67. The third-order valence-electron chi connectivity index (χ3n) is 2.95. The first-order valence-corrected chi connectivity index (χ1v) is 7.82. The lowest BCUT2D eigenvalue weighted by atomic mass is 10.4. The fraction of sp³-hybridized carbons (Fsp3) is 0.417. The van der Waals surface area contributed by atoms with E-state index in [-0.39, 0.29) is 19.9 Å². The van der Waals surface area contributed by atoms with E-state index in [1.165, 1.54) is 6.33 Å². The molecule has 0 radical (unpaired) electrons. The summed E-state index contributed by atoms with van der Waals surface area (Å²) in [6.07, 6.45) is 7.04. The van der Waals surface area contributed by atoms with Crippen LogP contribution in [0.2, 0.25) is 0 Å². The first-order chi connectivity index (χ1) is 10.8. The molecule has 0 spiro atoms. The second-order valence-corrected chi connectivity index (χ2v) is 5.23. The van der Waals surface area contributed by atoms with Gasteiger partial charge < -0.3 is 9.84 Å². The van der Waals surface area contributed by atoms with Gasteiger partial charge >= 0.3 is 0 Å². The summed E-state index contributed by atoms with van der Waals surface area (Å²) in [6.45, 7) is 0.978. The molecule has 0 amide bonds. The van der Waals surface area contributed by atoms with Crippen molar-refractivity contribution in [1.29, 1.82) is 0 Å². The van der Waals surface area contributed by atoms with E-state index in [0.717, 1.165) is 21.8 Å². The van der Waals surface area contributed by atoms with Crippen molar-refractivity contribution in [1.82, 2.24) is 34.7 Å². The Balaban J connectivity index is 1.76. The molecule has 22 heavy (non-hydrogen) atoms. The first kappa shape index (κ1) is 14.9. The summed E-state index contributed by atoms with van der Waals surface area (Å²) in [6, 6.07) is 0. The molecule has 0 bridgehead atoms. The van der Waals surface area contributed by atoms with Crippen molar-refractivity contribution in [3.63, 3.8) is 0 Å². The van der Waals surface area contributed by atoms with Crippen molar-refractivity contribution in [3.05, 3.63) is 24.4 Å². The minimum Gasteiger partial charge on any atom is -0.394 e. The molecular weight excluding hydrogens is 306 g/mol. The fourth-order valence-corrected chi connectivity index (χ4v) is 2.52. The summed E-state index contributed by atoms with van der Waals surface area (Å²) in [7, 11) is 0. The third kappa shape index (κ3) is 3.08. The Labute approximate surface area is 130 Å². The van der Waals surface area contributed by atoms with Gasteiger partial charge in [0.1, 0.15) is 23.8 Å². The monoisotopic (exact) mass is 321 g/mol. The minimum absolute atomic E-state index is 0.0156. The topological polar surface area (TPSA) is 104 Å². The fourth-order valence-electron chi connectivity index (χ4n) is 2.00. The highest BCUT2D eigenvalue weighted by atomic mass is 32.2. The summed E-state index contributed by atoms with van der Waals surface area (Å²) < 4.78 is 8.51. The first-order valence-electron chi connectivity index (χ1n) is 6.60. The van der Waals surface area contributed by atoms with Crippen LogP contribution in [-0.4, -0.2) is 59.3 Å². The molecule has 3 aromatic heterocycles. The molecule has 0 aliphatic heterocycles. The van der Waals surface area contributed by atoms with Gasteiger partial charge in [0.05, 0.1) is 37.5 Å². The van der Waals surface area contributed by atoms with Crippen LogP contribution in [0.15, 0.2) is 23.7 Å². The number of nitrogens with zero attached hydrogens (tertiary/aromatic N) is 7. The number of aliphatic hydroxyl groups is 1. The average Bonchev–Trinajstić information content (AvgIpc) is 3.15. The van der Waals surface area contributed by atoms with E-state index in [2.05, 4.69) is 25.4 Å². The summed E-state index contributed by atoms with van der Waals surface area (Å²) >= 11 is 1.56. The van der Waals surface area contributed by atoms with Crippen LogP contribution in [0.1, 0.15) is 5.69 Å². The van der Waals surface area contributed by atoms with Crippen LogP contribution in [0.3, 0.4) is 0 Å². The second-order valence-electron chi connectivity index (χ2n) is 4.43. The second kappa shape index (κ2) is 6.81. The van der Waals surface area contributed by atoms with Gasteiger partial charge in [-0.25, -0.2) is 19.3 Å². The van der Waals surface area contributed by atoms with E-state index in [1.807, 2.05) is 6.26 Å². The number of hydrogen-bond acceptors (Lipinski definition) is 8. The summed E-state index contributed by atoms with van der Waals surface area (Å²) in [5.74, 6) is 0. The third-order valence-corrected chi connectivity index (χ3v) is 3.66. The van der Waals surface area contributed by atoms with Gasteiger partial charge in [-0.1, -0.05) is 5.21 Å². The molecule has 3 heterocycles. The molecule has 3 rings (SSSR count). The zero-order valence-corrected chi connectivity index (χ0v) is 12.8. The molecule has 0 unspecified atom stereocenters. The molecule has 10 heteroatoms. The zero-order chi connectivity index (χ0) is 15.4. The highest BCUT2D eigenvalue weighted by molar-refractivity contribution is 7.98. The van der Waals surface area contributed by atoms with E-state index in [0.29, 0.717) is 6.54 Å². The van der Waals surface area contributed by atoms with Crippen molar-refractivity contribution < 1.29 is 9.84 Å². The van der Waals surface area contributed by atoms with Crippen LogP contribution in [0.5, 0.6) is 0 Å². The molecule has 9 nitrogen and oxygen atoms in total. The molecule has 0 aliphatic carbocycles. The minimum atomic E-state index is -0.0156. The smallest absolute Gasteiger partial charge is 0.162 e. The lowest BCUT2D eigenvalue weighted by Gasteiger charge is -2.01. The molecule has 0 saturated carbocycles. The van der Waals surface area contributed by atoms with E-state index in [9.17, 15) is 0 Å². The highest BCUT2D eigenvalue weighted by Gasteiger charge is 2.11. The van der Waals surface area contributed by atoms with Crippen molar-refractivity contribution in [2.24, 2.45) is 0 Å². The molecule has 0 saturated heterocycles. The van der Waals surface area contributed by atoms with Crippen LogP contribution < -0.4 is 0 Å². The average molecular weight is 321 g/mol. The summed E-state index contributed by atoms with van der Waals surface area (Å²) in [4.78, 5) is 8.50. The Morgan fingerprint density at radius 2 is 2.27 bits per heavy atom. The van der Waals surface area contributed by atoms with Crippen molar-refractivity contribution in [3.8, 4) is 0 Å². The van der Waals surface area contributed by atoms with Crippen molar-refractivity contribution >= 4 is 22.8 Å². The lowest BCUT2D eigenvalue weighted by Crippen LogP contribution is -2.06. The van der Waals surface area contributed by atoms with Crippen LogP contribution in [0.25, 0.3) is 11.0 Å². The molecule has 116 valence electrons. The zero-order valence-electron chi connectivity index (χ0n) is 12.0. The summed E-state index contributed by atoms with van der Waals surface area (Å²) in [5.41, 5.74) is 1.52. The van der Waals surface area contributed by atoms with Gasteiger partial charge in [0, 0.05) is 0 Å². The Hall–Kier alpha value is -2.04. The van der Waals surface area contributed by atoms with Gasteiger partial charge in [-0.05, 0) is 6.26 Å². The number of hydrogen-bond donors (Lipinski definition) is 1. The van der Waals surface area contributed by atoms with Gasteiger partial charge in [0.15, 0.2) is 5.65 Å². The van der Waals surface area contributed by atoms with E-state index in [1.54, 1.807) is 33.5 Å². The number of fused-ring (bicyclic) bond motifs is 1. The van der Waals surface area contributed by atoms with Gasteiger partial charge in [-0.2, -0.15) is 5.10 Å². The van der Waals surface area contributed by atoms with Crippen LogP contribution in [0.4, 0.5) is 0 Å². The maximum absolute atomic E-state index is 8.67. The largest absolute Gasteiger partial charge is 0.394 e. The number of rotatable bonds is 7. The van der Waals surface area contributed by atoms with Crippen molar-refractivity contribution in [2.45, 2.75) is 18.3 Å².